The first kappa shape index (κ1) is 14.0. The molecule has 19 heavy (non-hydrogen) atoms. The van der Waals surface area contributed by atoms with Crippen LogP contribution in [0.25, 0.3) is 0 Å². The zero-order chi connectivity index (χ0) is 14.0. The van der Waals surface area contributed by atoms with Gasteiger partial charge in [-0.2, -0.15) is 0 Å². The highest BCUT2D eigenvalue weighted by molar-refractivity contribution is 7.12. The highest BCUT2D eigenvalue weighted by Crippen LogP contribution is 2.26. The maximum atomic E-state index is 12.1. The van der Waals surface area contributed by atoms with Gasteiger partial charge >= 0.3 is 0 Å². The molecule has 1 unspecified atom stereocenters. The van der Waals surface area contributed by atoms with Crippen LogP contribution < -0.4 is 5.32 Å². The van der Waals surface area contributed by atoms with Crippen LogP contribution in [0, 0.1) is 13.8 Å². The van der Waals surface area contributed by atoms with E-state index in [1.165, 1.54) is 16.0 Å². The second kappa shape index (κ2) is 5.72. The molecule has 0 aliphatic carbocycles. The Morgan fingerprint density at radius 3 is 2.79 bits per heavy atom. The summed E-state index contributed by atoms with van der Waals surface area (Å²) in [6.07, 6.45) is 3.03. The summed E-state index contributed by atoms with van der Waals surface area (Å²) in [5.74, 6) is -0.178. The van der Waals surface area contributed by atoms with E-state index in [0.29, 0.717) is 10.6 Å². The van der Waals surface area contributed by atoms with Crippen LogP contribution >= 0.6 is 22.9 Å². The molecule has 5 heteroatoms. The number of aryl methyl sites for hydroxylation is 2. The number of carbonyl (C=O) groups is 1. The number of nitrogens with one attached hydrogen (secondary N) is 1. The van der Waals surface area contributed by atoms with Gasteiger partial charge in [0.05, 0.1) is 16.6 Å². The van der Waals surface area contributed by atoms with Gasteiger partial charge < -0.3 is 5.32 Å². The molecule has 0 aliphatic heterocycles. The summed E-state index contributed by atoms with van der Waals surface area (Å²) in [6, 6.07) is 3.69. The van der Waals surface area contributed by atoms with Gasteiger partial charge in [0.25, 0.3) is 5.91 Å². The van der Waals surface area contributed by atoms with Crippen LogP contribution in [-0.2, 0) is 0 Å². The van der Waals surface area contributed by atoms with Crippen molar-refractivity contribution in [1.82, 2.24) is 10.3 Å². The van der Waals surface area contributed by atoms with E-state index in [1.807, 2.05) is 6.92 Å². The molecular weight excluding hydrogens is 280 g/mol. The van der Waals surface area contributed by atoms with Gasteiger partial charge in [0.1, 0.15) is 0 Å². The molecule has 2 aromatic heterocycles. The first-order valence-electron chi connectivity index (χ1n) is 5.96. The summed E-state index contributed by atoms with van der Waals surface area (Å²) < 4.78 is 0. The standard InChI is InChI=1S/C14H15ClN2OS/c1-8-6-12(10(3)19-8)9(2)17-14(18)11-4-5-16-7-13(11)15/h4-7,9H,1-3H3,(H,17,18). The minimum absolute atomic E-state index is 0.0401. The number of nitrogens with zero attached hydrogens (tertiary/aromatic N) is 1. The third-order valence-corrected chi connectivity index (χ3v) is 4.19. The van der Waals surface area contributed by atoms with Crippen LogP contribution in [0.3, 0.4) is 0 Å². The maximum absolute atomic E-state index is 12.1. The number of hydrogen-bond donors (Lipinski definition) is 1. The van der Waals surface area contributed by atoms with Crippen molar-refractivity contribution < 1.29 is 4.79 Å². The molecule has 1 atom stereocenters. The lowest BCUT2D eigenvalue weighted by Crippen LogP contribution is -2.27. The minimum Gasteiger partial charge on any atom is -0.345 e. The smallest absolute Gasteiger partial charge is 0.253 e. The molecule has 100 valence electrons. The Bertz CT molecular complexity index is 609. The van der Waals surface area contributed by atoms with E-state index in [-0.39, 0.29) is 11.9 Å². The zero-order valence-electron chi connectivity index (χ0n) is 11.0. The highest BCUT2D eigenvalue weighted by atomic mass is 35.5. The Kier molecular flexibility index (Phi) is 4.22. The van der Waals surface area contributed by atoms with Gasteiger partial charge in [-0.3, -0.25) is 9.78 Å². The first-order chi connectivity index (χ1) is 8.99. The Hall–Kier alpha value is -1.39. The molecular formula is C14H15ClN2OS. The second-order valence-electron chi connectivity index (χ2n) is 4.42. The largest absolute Gasteiger partial charge is 0.345 e. The van der Waals surface area contributed by atoms with Gasteiger partial charge in [-0.25, -0.2) is 0 Å². The molecule has 0 aromatic carbocycles. The zero-order valence-corrected chi connectivity index (χ0v) is 12.6. The van der Waals surface area contributed by atoms with Crippen LogP contribution in [0.4, 0.5) is 0 Å². The Morgan fingerprint density at radius 1 is 1.47 bits per heavy atom. The third kappa shape index (κ3) is 3.14. The molecule has 0 spiro atoms. The number of hydrogen-bond acceptors (Lipinski definition) is 3. The summed E-state index contributed by atoms with van der Waals surface area (Å²) in [7, 11) is 0. The van der Waals surface area contributed by atoms with Crippen molar-refractivity contribution in [1.29, 1.82) is 0 Å². The van der Waals surface area contributed by atoms with E-state index < -0.39 is 0 Å². The van der Waals surface area contributed by atoms with E-state index in [9.17, 15) is 4.79 Å². The van der Waals surface area contributed by atoms with Crippen molar-refractivity contribution in [2.75, 3.05) is 0 Å². The van der Waals surface area contributed by atoms with Gasteiger partial charge in [0.15, 0.2) is 0 Å². The molecule has 2 heterocycles. The number of carbonyl (C=O) groups excluding carboxylic acids is 1. The van der Waals surface area contributed by atoms with Crippen LogP contribution in [0.5, 0.6) is 0 Å². The molecule has 2 aromatic rings. The molecule has 0 bridgehead atoms. The highest BCUT2D eigenvalue weighted by Gasteiger charge is 2.16. The van der Waals surface area contributed by atoms with Gasteiger partial charge in [0, 0.05) is 22.1 Å². The van der Waals surface area contributed by atoms with E-state index >= 15 is 0 Å². The molecule has 1 amide bonds. The Morgan fingerprint density at radius 2 is 2.21 bits per heavy atom. The fourth-order valence-corrected chi connectivity index (χ4v) is 3.22. The van der Waals surface area contributed by atoms with E-state index in [2.05, 4.69) is 30.2 Å². The number of aromatic nitrogens is 1. The lowest BCUT2D eigenvalue weighted by atomic mass is 10.1. The van der Waals surface area contributed by atoms with Crippen molar-refractivity contribution in [3.8, 4) is 0 Å². The van der Waals surface area contributed by atoms with Crippen LogP contribution in [-0.4, -0.2) is 10.9 Å². The molecule has 0 saturated heterocycles. The molecule has 0 radical (unpaired) electrons. The van der Waals surface area contributed by atoms with Crippen molar-refractivity contribution >= 4 is 28.8 Å². The second-order valence-corrected chi connectivity index (χ2v) is 6.29. The van der Waals surface area contributed by atoms with Crippen molar-refractivity contribution in [2.45, 2.75) is 26.8 Å². The fraction of sp³-hybridized carbons (Fsp3) is 0.286. The molecule has 3 nitrogen and oxygen atoms in total. The van der Waals surface area contributed by atoms with Crippen LogP contribution in [0.2, 0.25) is 5.02 Å². The van der Waals surface area contributed by atoms with E-state index in [1.54, 1.807) is 23.6 Å². The number of rotatable bonds is 3. The predicted octanol–water partition coefficient (Wildman–Crippen LogP) is 3.90. The molecule has 0 fully saturated rings. The number of amides is 1. The molecule has 0 saturated carbocycles. The number of pyridine rings is 1. The van der Waals surface area contributed by atoms with Crippen molar-refractivity contribution in [2.24, 2.45) is 0 Å². The summed E-state index contributed by atoms with van der Waals surface area (Å²) >= 11 is 7.70. The lowest BCUT2D eigenvalue weighted by molar-refractivity contribution is 0.0940. The summed E-state index contributed by atoms with van der Waals surface area (Å²) in [6.45, 7) is 6.10. The average molecular weight is 295 g/mol. The SMILES string of the molecule is Cc1cc(C(C)NC(=O)c2ccncc2Cl)c(C)s1. The summed E-state index contributed by atoms with van der Waals surface area (Å²) in [4.78, 5) is 18.5. The summed E-state index contributed by atoms with van der Waals surface area (Å²) in [5.41, 5.74) is 1.61. The quantitative estimate of drug-likeness (QED) is 0.933. The van der Waals surface area contributed by atoms with Crippen molar-refractivity contribution in [3.63, 3.8) is 0 Å². The number of halogens is 1. The first-order valence-corrected chi connectivity index (χ1v) is 7.15. The third-order valence-electron chi connectivity index (χ3n) is 2.91. The van der Waals surface area contributed by atoms with Gasteiger partial charge in [-0.05, 0) is 38.5 Å². The van der Waals surface area contributed by atoms with Crippen LogP contribution in [0.15, 0.2) is 24.5 Å². The van der Waals surface area contributed by atoms with E-state index in [0.717, 1.165) is 5.56 Å². The topological polar surface area (TPSA) is 42.0 Å². The van der Waals surface area contributed by atoms with E-state index in [4.69, 9.17) is 11.6 Å². The van der Waals surface area contributed by atoms with Gasteiger partial charge in [0.2, 0.25) is 0 Å². The predicted molar refractivity (Wildman–Crippen MR) is 78.9 cm³/mol. The molecule has 1 N–H and O–H groups in total. The van der Waals surface area contributed by atoms with Gasteiger partial charge in [-0.1, -0.05) is 11.6 Å². The molecule has 0 aliphatic rings. The number of thiophene rings is 1. The Balaban J connectivity index is 2.15. The Labute approximate surface area is 121 Å². The van der Waals surface area contributed by atoms with Gasteiger partial charge in [-0.15, -0.1) is 11.3 Å². The van der Waals surface area contributed by atoms with Crippen LogP contribution in [0.1, 0.15) is 38.6 Å². The monoisotopic (exact) mass is 294 g/mol. The normalized spacial score (nSPS) is 12.2. The average Bonchev–Trinajstić information content (AvgIpc) is 2.69. The minimum atomic E-state index is -0.178. The summed E-state index contributed by atoms with van der Waals surface area (Å²) in [5, 5.41) is 3.33. The lowest BCUT2D eigenvalue weighted by Gasteiger charge is -2.14. The fourth-order valence-electron chi connectivity index (χ4n) is 1.99. The maximum Gasteiger partial charge on any atom is 0.253 e. The van der Waals surface area contributed by atoms with Crippen molar-refractivity contribution in [3.05, 3.63) is 50.4 Å². The molecule has 2 rings (SSSR count).